The second-order valence-corrected chi connectivity index (χ2v) is 9.17. The third-order valence-corrected chi connectivity index (χ3v) is 5.34. The van der Waals surface area contributed by atoms with Gasteiger partial charge in [0, 0.05) is 0 Å². The molecular formula is C26H31NO6. The third kappa shape index (κ3) is 6.81. The van der Waals surface area contributed by atoms with Crippen molar-refractivity contribution in [2.24, 2.45) is 5.92 Å². The molecule has 0 N–H and O–H groups in total. The predicted octanol–water partition coefficient (Wildman–Crippen LogP) is 4.18. The number of esters is 1. The Bertz CT molecular complexity index is 965. The molecule has 7 heteroatoms. The Morgan fingerprint density at radius 3 is 2.33 bits per heavy atom. The summed E-state index contributed by atoms with van der Waals surface area (Å²) in [6, 6.07) is 16.5. The highest BCUT2D eigenvalue weighted by atomic mass is 16.6. The van der Waals surface area contributed by atoms with Crippen molar-refractivity contribution in [3.8, 4) is 5.75 Å². The van der Waals surface area contributed by atoms with E-state index in [0.717, 1.165) is 11.1 Å². The second-order valence-electron chi connectivity index (χ2n) is 9.17. The van der Waals surface area contributed by atoms with Crippen LogP contribution in [-0.4, -0.2) is 48.2 Å². The summed E-state index contributed by atoms with van der Waals surface area (Å²) in [4.78, 5) is 39.9. The van der Waals surface area contributed by atoms with Crippen LogP contribution in [0, 0.1) is 5.92 Å². The summed E-state index contributed by atoms with van der Waals surface area (Å²) in [5.74, 6) is -0.987. The normalized spacial score (nSPS) is 16.8. The molecule has 1 heterocycles. The number of nitrogens with zero attached hydrogens (tertiary/aromatic N) is 1. The van der Waals surface area contributed by atoms with Crippen LogP contribution in [0.3, 0.4) is 0 Å². The maximum Gasteiger partial charge on any atom is 0.416 e. The number of amides is 2. The van der Waals surface area contributed by atoms with Crippen LogP contribution < -0.4 is 4.74 Å². The van der Waals surface area contributed by atoms with Crippen molar-refractivity contribution in [1.29, 1.82) is 0 Å². The molecule has 0 radical (unpaired) electrons. The number of cyclic esters (lactones) is 1. The number of methoxy groups -OCH3 is 1. The zero-order valence-electron chi connectivity index (χ0n) is 19.6. The maximum atomic E-state index is 13.6. The molecule has 7 nitrogen and oxygen atoms in total. The van der Waals surface area contributed by atoms with Crippen LogP contribution in [-0.2, 0) is 31.9 Å². The Balaban J connectivity index is 1.82. The minimum Gasteiger partial charge on any atom is -0.497 e. The molecule has 1 fully saturated rings. The smallest absolute Gasteiger partial charge is 0.416 e. The van der Waals surface area contributed by atoms with Crippen LogP contribution in [0.25, 0.3) is 0 Å². The average Bonchev–Trinajstić information content (AvgIpc) is 3.12. The maximum absolute atomic E-state index is 13.6. The first-order valence-corrected chi connectivity index (χ1v) is 11.0. The first-order valence-electron chi connectivity index (χ1n) is 11.0. The van der Waals surface area contributed by atoms with E-state index in [2.05, 4.69) is 0 Å². The lowest BCUT2D eigenvalue weighted by Crippen LogP contribution is -2.45. The molecule has 2 amide bonds. The molecule has 1 saturated heterocycles. The van der Waals surface area contributed by atoms with E-state index in [1.54, 1.807) is 40.0 Å². The van der Waals surface area contributed by atoms with Gasteiger partial charge in [0.15, 0.2) is 0 Å². The molecule has 33 heavy (non-hydrogen) atoms. The van der Waals surface area contributed by atoms with E-state index < -0.39 is 35.5 Å². The molecule has 0 spiro atoms. The number of hydrogen-bond donors (Lipinski definition) is 0. The van der Waals surface area contributed by atoms with Gasteiger partial charge in [-0.05, 0) is 56.9 Å². The van der Waals surface area contributed by atoms with Crippen molar-refractivity contribution in [3.63, 3.8) is 0 Å². The van der Waals surface area contributed by atoms with Crippen molar-refractivity contribution in [1.82, 2.24) is 4.90 Å². The Hall–Kier alpha value is -3.35. The van der Waals surface area contributed by atoms with E-state index in [1.165, 1.54) is 4.90 Å². The van der Waals surface area contributed by atoms with Gasteiger partial charge in [-0.25, -0.2) is 9.69 Å². The number of ether oxygens (including phenoxy) is 3. The molecule has 0 bridgehead atoms. The first kappa shape index (κ1) is 24.3. The minimum atomic E-state index is -0.767. The zero-order chi connectivity index (χ0) is 24.0. The minimum absolute atomic E-state index is 0.126. The van der Waals surface area contributed by atoms with Crippen molar-refractivity contribution in [2.75, 3.05) is 13.7 Å². The zero-order valence-corrected chi connectivity index (χ0v) is 19.6. The lowest BCUT2D eigenvalue weighted by molar-refractivity contribution is -0.158. The Morgan fingerprint density at radius 1 is 1.06 bits per heavy atom. The fraction of sp³-hybridized carbons (Fsp3) is 0.423. The standard InChI is InChI=1S/C26H31NO6/c1-26(2,3)33-23(28)16-20(14-19-10-12-22(31-4)13-11-19)24(29)27-21(17-32-25(27)30)15-18-8-6-5-7-9-18/h5-13,20-21H,14-17H2,1-4H3/t20-,21+/m1/s1. The summed E-state index contributed by atoms with van der Waals surface area (Å²) in [5, 5.41) is 0. The second kappa shape index (κ2) is 10.5. The molecule has 1 aliphatic heterocycles. The van der Waals surface area contributed by atoms with Crippen molar-refractivity contribution >= 4 is 18.0 Å². The van der Waals surface area contributed by atoms with E-state index in [9.17, 15) is 14.4 Å². The van der Waals surface area contributed by atoms with Gasteiger partial charge in [-0.15, -0.1) is 0 Å². The highest BCUT2D eigenvalue weighted by Gasteiger charge is 2.41. The predicted molar refractivity (Wildman–Crippen MR) is 123 cm³/mol. The molecule has 0 aromatic heterocycles. The SMILES string of the molecule is COc1ccc(C[C@H](CC(=O)OC(C)(C)C)C(=O)N2C(=O)OC[C@@H]2Cc2ccccc2)cc1. The summed E-state index contributed by atoms with van der Waals surface area (Å²) >= 11 is 0. The molecule has 2 aromatic rings. The fourth-order valence-electron chi connectivity index (χ4n) is 3.84. The fourth-order valence-corrected chi connectivity index (χ4v) is 3.84. The summed E-state index contributed by atoms with van der Waals surface area (Å²) in [5.41, 5.74) is 1.18. The van der Waals surface area contributed by atoms with Crippen LogP contribution in [0.5, 0.6) is 5.75 Å². The highest BCUT2D eigenvalue weighted by molar-refractivity contribution is 5.96. The summed E-state index contributed by atoms with van der Waals surface area (Å²) < 4.78 is 15.9. The number of hydrogen-bond acceptors (Lipinski definition) is 6. The van der Waals surface area contributed by atoms with Crippen molar-refractivity contribution in [2.45, 2.75) is 51.7 Å². The molecule has 2 aromatic carbocycles. The summed E-state index contributed by atoms with van der Waals surface area (Å²) in [6.45, 7) is 5.46. The number of carbonyl (C=O) groups excluding carboxylic acids is 3. The van der Waals surface area contributed by atoms with Crippen LogP contribution in [0.4, 0.5) is 4.79 Å². The molecule has 3 rings (SSSR count). The largest absolute Gasteiger partial charge is 0.497 e. The Labute approximate surface area is 194 Å². The quantitative estimate of drug-likeness (QED) is 0.558. The number of rotatable bonds is 8. The molecule has 0 saturated carbocycles. The van der Waals surface area contributed by atoms with Gasteiger partial charge >= 0.3 is 12.1 Å². The van der Waals surface area contributed by atoms with Gasteiger partial charge < -0.3 is 14.2 Å². The van der Waals surface area contributed by atoms with Crippen LogP contribution >= 0.6 is 0 Å². The molecule has 1 aliphatic rings. The first-order chi connectivity index (χ1) is 15.7. The van der Waals surface area contributed by atoms with Gasteiger partial charge in [0.25, 0.3) is 0 Å². The van der Waals surface area contributed by atoms with Gasteiger partial charge in [0.1, 0.15) is 18.0 Å². The summed E-state index contributed by atoms with van der Waals surface area (Å²) in [6.07, 6.45) is -0.0432. The van der Waals surface area contributed by atoms with E-state index in [4.69, 9.17) is 14.2 Å². The molecule has 2 atom stereocenters. The van der Waals surface area contributed by atoms with Gasteiger partial charge in [0.05, 0.1) is 25.5 Å². The Morgan fingerprint density at radius 2 is 1.73 bits per heavy atom. The van der Waals surface area contributed by atoms with Crippen LogP contribution in [0.1, 0.15) is 38.3 Å². The monoisotopic (exact) mass is 453 g/mol. The van der Waals surface area contributed by atoms with Crippen molar-refractivity contribution < 1.29 is 28.6 Å². The number of benzene rings is 2. The van der Waals surface area contributed by atoms with Crippen LogP contribution in [0.15, 0.2) is 54.6 Å². The van der Waals surface area contributed by atoms with Crippen LogP contribution in [0.2, 0.25) is 0 Å². The lowest BCUT2D eigenvalue weighted by atomic mass is 9.93. The average molecular weight is 454 g/mol. The topological polar surface area (TPSA) is 82.1 Å². The van der Waals surface area contributed by atoms with Gasteiger partial charge in [-0.3, -0.25) is 9.59 Å². The van der Waals surface area contributed by atoms with E-state index in [0.29, 0.717) is 12.2 Å². The van der Waals surface area contributed by atoms with E-state index in [1.807, 2.05) is 42.5 Å². The van der Waals surface area contributed by atoms with E-state index in [-0.39, 0.29) is 19.4 Å². The van der Waals surface area contributed by atoms with Gasteiger partial charge in [-0.2, -0.15) is 0 Å². The van der Waals surface area contributed by atoms with Gasteiger partial charge in [0.2, 0.25) is 5.91 Å². The molecule has 0 aliphatic carbocycles. The Kier molecular flexibility index (Phi) is 7.74. The van der Waals surface area contributed by atoms with Gasteiger partial charge in [-0.1, -0.05) is 42.5 Å². The number of imide groups is 1. The molecular weight excluding hydrogens is 422 g/mol. The van der Waals surface area contributed by atoms with E-state index >= 15 is 0 Å². The number of carbonyl (C=O) groups is 3. The highest BCUT2D eigenvalue weighted by Crippen LogP contribution is 2.25. The summed E-state index contributed by atoms with van der Waals surface area (Å²) in [7, 11) is 1.58. The third-order valence-electron chi connectivity index (χ3n) is 5.34. The lowest BCUT2D eigenvalue weighted by Gasteiger charge is -2.26. The molecule has 176 valence electrons. The molecule has 0 unspecified atom stereocenters. The van der Waals surface area contributed by atoms with Crippen molar-refractivity contribution in [3.05, 3.63) is 65.7 Å².